The zero-order valence-electron chi connectivity index (χ0n) is 14.8. The number of carbonyl (C=O) groups excluding carboxylic acids is 2. The SMILES string of the molecule is Cc1noc(C)c1S(=O)(=O)NCC(=O)O[C@H](C)C(=O)Nc1ccc(F)cc1. The summed E-state index contributed by atoms with van der Waals surface area (Å²) in [5.74, 6) is -1.98. The van der Waals surface area contributed by atoms with Crippen LogP contribution in [0.25, 0.3) is 0 Å². The van der Waals surface area contributed by atoms with Crippen LogP contribution in [0.5, 0.6) is 0 Å². The zero-order valence-corrected chi connectivity index (χ0v) is 15.6. The van der Waals surface area contributed by atoms with Crippen molar-refractivity contribution in [1.82, 2.24) is 9.88 Å². The van der Waals surface area contributed by atoms with Crippen molar-refractivity contribution in [1.29, 1.82) is 0 Å². The molecule has 0 bridgehead atoms. The van der Waals surface area contributed by atoms with Gasteiger partial charge in [-0.05, 0) is 45.0 Å². The number of amides is 1. The van der Waals surface area contributed by atoms with Crippen LogP contribution >= 0.6 is 0 Å². The van der Waals surface area contributed by atoms with E-state index in [0.29, 0.717) is 5.69 Å². The van der Waals surface area contributed by atoms with Gasteiger partial charge in [-0.3, -0.25) is 9.59 Å². The Morgan fingerprint density at radius 2 is 1.89 bits per heavy atom. The molecule has 0 aliphatic rings. The zero-order chi connectivity index (χ0) is 20.2. The van der Waals surface area contributed by atoms with E-state index < -0.39 is 40.4 Å². The van der Waals surface area contributed by atoms with Gasteiger partial charge in [0.05, 0.1) is 0 Å². The molecule has 2 rings (SSSR count). The summed E-state index contributed by atoms with van der Waals surface area (Å²) >= 11 is 0. The Hall–Kier alpha value is -2.79. The summed E-state index contributed by atoms with van der Waals surface area (Å²) in [5.41, 5.74) is 0.476. The largest absolute Gasteiger partial charge is 0.452 e. The predicted molar refractivity (Wildman–Crippen MR) is 91.7 cm³/mol. The van der Waals surface area contributed by atoms with Gasteiger partial charge in [-0.15, -0.1) is 0 Å². The van der Waals surface area contributed by atoms with E-state index in [4.69, 9.17) is 9.26 Å². The molecule has 27 heavy (non-hydrogen) atoms. The Kier molecular flexibility index (Phi) is 6.28. The van der Waals surface area contributed by atoms with Crippen molar-refractivity contribution < 1.29 is 31.7 Å². The summed E-state index contributed by atoms with van der Waals surface area (Å²) in [6.07, 6.45) is -1.19. The van der Waals surface area contributed by atoms with Crippen molar-refractivity contribution in [2.75, 3.05) is 11.9 Å². The second-order valence-electron chi connectivity index (χ2n) is 5.61. The Bertz CT molecular complexity index is 920. The molecular weight excluding hydrogens is 381 g/mol. The molecule has 0 aliphatic heterocycles. The number of carbonyl (C=O) groups is 2. The molecule has 2 aromatic rings. The first kappa shape index (κ1) is 20.5. The van der Waals surface area contributed by atoms with Gasteiger partial charge in [0.15, 0.2) is 11.9 Å². The minimum Gasteiger partial charge on any atom is -0.452 e. The van der Waals surface area contributed by atoms with Crippen LogP contribution in [-0.4, -0.2) is 38.1 Å². The number of benzene rings is 1. The second-order valence-corrected chi connectivity index (χ2v) is 7.31. The average molecular weight is 399 g/mol. The van der Waals surface area contributed by atoms with E-state index in [9.17, 15) is 22.4 Å². The van der Waals surface area contributed by atoms with Crippen LogP contribution in [0.3, 0.4) is 0 Å². The lowest BCUT2D eigenvalue weighted by Gasteiger charge is -2.14. The Morgan fingerprint density at radius 1 is 1.26 bits per heavy atom. The third-order valence-corrected chi connectivity index (χ3v) is 5.08. The highest BCUT2D eigenvalue weighted by molar-refractivity contribution is 7.89. The molecule has 1 amide bonds. The second kappa shape index (κ2) is 8.27. The highest BCUT2D eigenvalue weighted by atomic mass is 32.2. The Morgan fingerprint density at radius 3 is 2.44 bits per heavy atom. The number of halogens is 1. The topological polar surface area (TPSA) is 128 Å². The summed E-state index contributed by atoms with van der Waals surface area (Å²) in [4.78, 5) is 23.6. The molecule has 1 atom stereocenters. The lowest BCUT2D eigenvalue weighted by atomic mass is 10.3. The normalized spacial score (nSPS) is 12.4. The van der Waals surface area contributed by atoms with Crippen molar-refractivity contribution in [3.05, 3.63) is 41.5 Å². The van der Waals surface area contributed by atoms with E-state index in [2.05, 4.69) is 15.2 Å². The van der Waals surface area contributed by atoms with Crippen molar-refractivity contribution in [2.24, 2.45) is 0 Å². The average Bonchev–Trinajstić information content (AvgIpc) is 2.94. The molecule has 0 saturated carbocycles. The van der Waals surface area contributed by atoms with Gasteiger partial charge in [-0.1, -0.05) is 5.16 Å². The van der Waals surface area contributed by atoms with E-state index in [-0.39, 0.29) is 16.3 Å². The summed E-state index contributed by atoms with van der Waals surface area (Å²) < 4.78 is 49.0. The van der Waals surface area contributed by atoms with Crippen molar-refractivity contribution in [3.63, 3.8) is 0 Å². The molecule has 0 unspecified atom stereocenters. The number of sulfonamides is 1. The Labute approximate surface area is 154 Å². The standard InChI is InChI=1S/C16H18FN3O6S/c1-9-15(10(2)26-20-9)27(23,24)18-8-14(21)25-11(3)16(22)19-13-6-4-12(17)5-7-13/h4-7,11,18H,8H2,1-3H3,(H,19,22)/t11-/m1/s1. The molecule has 1 heterocycles. The molecule has 2 N–H and O–H groups in total. The molecule has 0 fully saturated rings. The van der Waals surface area contributed by atoms with Crippen LogP contribution in [0.15, 0.2) is 33.7 Å². The minimum atomic E-state index is -4.03. The maximum Gasteiger partial charge on any atom is 0.321 e. The van der Waals surface area contributed by atoms with Gasteiger partial charge >= 0.3 is 5.97 Å². The van der Waals surface area contributed by atoms with Crippen LogP contribution in [0, 0.1) is 19.7 Å². The van der Waals surface area contributed by atoms with Crippen LogP contribution in [0.1, 0.15) is 18.4 Å². The Balaban J connectivity index is 1.89. The molecule has 0 aliphatic carbocycles. The first-order chi connectivity index (χ1) is 12.6. The van der Waals surface area contributed by atoms with E-state index in [0.717, 1.165) is 12.1 Å². The first-order valence-corrected chi connectivity index (χ1v) is 9.27. The third-order valence-electron chi connectivity index (χ3n) is 3.43. The van der Waals surface area contributed by atoms with Gasteiger partial charge in [0.2, 0.25) is 10.0 Å². The lowest BCUT2D eigenvalue weighted by molar-refractivity contribution is -0.151. The summed E-state index contributed by atoms with van der Waals surface area (Å²) in [7, 11) is -4.03. The van der Waals surface area contributed by atoms with Gasteiger partial charge < -0.3 is 14.6 Å². The predicted octanol–water partition coefficient (Wildman–Crippen LogP) is 1.28. The number of anilines is 1. The summed E-state index contributed by atoms with van der Waals surface area (Å²) in [6.45, 7) is 3.51. The lowest BCUT2D eigenvalue weighted by Crippen LogP contribution is -2.36. The van der Waals surface area contributed by atoms with Crippen LogP contribution in [-0.2, 0) is 24.3 Å². The molecule has 146 valence electrons. The van der Waals surface area contributed by atoms with Crippen LogP contribution < -0.4 is 10.0 Å². The molecule has 9 nitrogen and oxygen atoms in total. The quantitative estimate of drug-likeness (QED) is 0.671. The molecule has 0 spiro atoms. The molecule has 1 aromatic heterocycles. The number of aryl methyl sites for hydroxylation is 2. The monoisotopic (exact) mass is 399 g/mol. The highest BCUT2D eigenvalue weighted by Crippen LogP contribution is 2.18. The number of hydrogen-bond donors (Lipinski definition) is 2. The maximum absolute atomic E-state index is 12.8. The fourth-order valence-corrected chi connectivity index (χ4v) is 3.45. The van der Waals surface area contributed by atoms with Crippen molar-refractivity contribution in [3.8, 4) is 0 Å². The summed E-state index contributed by atoms with van der Waals surface area (Å²) in [6, 6.07) is 5.02. The number of nitrogens with one attached hydrogen (secondary N) is 2. The minimum absolute atomic E-state index is 0.0837. The van der Waals surface area contributed by atoms with Gasteiger partial charge in [0, 0.05) is 5.69 Å². The molecule has 0 radical (unpaired) electrons. The number of nitrogens with zero attached hydrogens (tertiary/aromatic N) is 1. The van der Waals surface area contributed by atoms with Gasteiger partial charge in [0.25, 0.3) is 5.91 Å². The molecule has 0 saturated heterocycles. The number of esters is 1. The maximum atomic E-state index is 12.8. The first-order valence-electron chi connectivity index (χ1n) is 7.78. The molecule has 11 heteroatoms. The molecule has 1 aromatic carbocycles. The smallest absolute Gasteiger partial charge is 0.321 e. The summed E-state index contributed by atoms with van der Waals surface area (Å²) in [5, 5.41) is 5.98. The van der Waals surface area contributed by atoms with Crippen molar-refractivity contribution >= 4 is 27.6 Å². The number of hydrogen-bond acceptors (Lipinski definition) is 7. The third kappa shape index (κ3) is 5.34. The van der Waals surface area contributed by atoms with E-state index in [1.165, 1.54) is 32.9 Å². The number of rotatable bonds is 7. The van der Waals surface area contributed by atoms with Gasteiger partial charge in [-0.2, -0.15) is 4.72 Å². The van der Waals surface area contributed by atoms with Crippen LogP contribution in [0.2, 0.25) is 0 Å². The fourth-order valence-electron chi connectivity index (χ4n) is 2.15. The van der Waals surface area contributed by atoms with Crippen molar-refractivity contribution in [2.45, 2.75) is 31.8 Å². The van der Waals surface area contributed by atoms with E-state index in [1.54, 1.807) is 0 Å². The molecular formula is C16H18FN3O6S. The highest BCUT2D eigenvalue weighted by Gasteiger charge is 2.26. The van der Waals surface area contributed by atoms with Crippen LogP contribution in [0.4, 0.5) is 10.1 Å². The number of ether oxygens (including phenoxy) is 1. The van der Waals surface area contributed by atoms with E-state index >= 15 is 0 Å². The van der Waals surface area contributed by atoms with Gasteiger partial charge in [-0.25, -0.2) is 12.8 Å². The number of aromatic nitrogens is 1. The fraction of sp³-hybridized carbons (Fsp3) is 0.312. The van der Waals surface area contributed by atoms with E-state index in [1.807, 2.05) is 0 Å². The van der Waals surface area contributed by atoms with Gasteiger partial charge in [0.1, 0.15) is 23.0 Å².